The lowest BCUT2D eigenvalue weighted by atomic mass is 10.00. The molecule has 34 heavy (non-hydrogen) atoms. The number of hydrogen-bond acceptors (Lipinski definition) is 5. The quantitative estimate of drug-likeness (QED) is 0.526. The zero-order valence-corrected chi connectivity index (χ0v) is 20.5. The van der Waals surface area contributed by atoms with Crippen LogP contribution < -0.4 is 20.9 Å². The minimum Gasteiger partial charge on any atom is -0.353 e. The Balaban J connectivity index is 1.78. The van der Waals surface area contributed by atoms with E-state index in [1.807, 2.05) is 63.2 Å². The summed E-state index contributed by atoms with van der Waals surface area (Å²) in [6.45, 7) is 7.72. The molecule has 3 N–H and O–H groups in total. The van der Waals surface area contributed by atoms with Gasteiger partial charge in [-0.05, 0) is 50.4 Å². The summed E-state index contributed by atoms with van der Waals surface area (Å²) in [5.74, 6) is -0.404. The van der Waals surface area contributed by atoms with Crippen LogP contribution in [-0.2, 0) is 20.8 Å². The number of carbonyl (C=O) groups excluding carboxylic acids is 3. The van der Waals surface area contributed by atoms with Gasteiger partial charge >= 0.3 is 0 Å². The van der Waals surface area contributed by atoms with E-state index in [1.165, 1.54) is 0 Å². The summed E-state index contributed by atoms with van der Waals surface area (Å²) in [7, 11) is 1.70. The fraction of sp³-hybridized carbons (Fsp3) is 0.462. The number of benzene rings is 1. The van der Waals surface area contributed by atoms with E-state index in [0.29, 0.717) is 18.8 Å². The molecule has 0 saturated heterocycles. The highest BCUT2D eigenvalue weighted by Crippen LogP contribution is 2.31. The Morgan fingerprint density at radius 2 is 1.74 bits per heavy atom. The maximum Gasteiger partial charge on any atom is 0.251 e. The molecule has 1 aliphatic heterocycles. The molecule has 4 atom stereocenters. The summed E-state index contributed by atoms with van der Waals surface area (Å²) < 4.78 is 0. The number of carbonyl (C=O) groups is 3. The third-order valence-corrected chi connectivity index (χ3v) is 6.42. The molecule has 1 aromatic heterocycles. The number of aromatic nitrogens is 1. The van der Waals surface area contributed by atoms with Gasteiger partial charge in [0.15, 0.2) is 0 Å². The molecule has 182 valence electrons. The second kappa shape index (κ2) is 11.2. The van der Waals surface area contributed by atoms with Gasteiger partial charge in [-0.1, -0.05) is 50.2 Å². The molecule has 0 bridgehead atoms. The number of amides is 3. The number of hydrogen-bond donors (Lipinski definition) is 3. The second-order valence-electron chi connectivity index (χ2n) is 9.17. The van der Waals surface area contributed by atoms with Gasteiger partial charge in [0.2, 0.25) is 11.8 Å². The van der Waals surface area contributed by atoms with Crippen molar-refractivity contribution in [2.75, 3.05) is 18.5 Å². The van der Waals surface area contributed by atoms with Crippen LogP contribution in [0.2, 0.25) is 0 Å². The topological polar surface area (TPSA) is 103 Å². The van der Waals surface area contributed by atoms with E-state index in [1.54, 1.807) is 25.1 Å². The standard InChI is InChI=1S/C26H35N5O3/c1-16(2)22(30-25(33)18(4)27-5)26(34)31-21(14-20-12-9-13-28-23(20)31)15-29-24(32)17(3)19-10-7-6-8-11-19/h6-13,16-18,21-22,27H,14-15H2,1-5H3,(H,29,32)(H,30,33)/t17?,18-,21?,22-/m0/s1. The van der Waals surface area contributed by atoms with E-state index in [4.69, 9.17) is 0 Å². The first-order valence-corrected chi connectivity index (χ1v) is 11.8. The number of anilines is 1. The monoisotopic (exact) mass is 465 g/mol. The van der Waals surface area contributed by atoms with Crippen molar-refractivity contribution >= 4 is 23.5 Å². The summed E-state index contributed by atoms with van der Waals surface area (Å²) in [6.07, 6.45) is 2.24. The first kappa shape index (κ1) is 25.4. The average molecular weight is 466 g/mol. The molecule has 8 nitrogen and oxygen atoms in total. The Labute approximate surface area is 201 Å². The molecular formula is C26H35N5O3. The minimum absolute atomic E-state index is 0.0981. The van der Waals surface area contributed by atoms with Crippen LogP contribution in [0, 0.1) is 5.92 Å². The maximum absolute atomic E-state index is 13.7. The fourth-order valence-electron chi connectivity index (χ4n) is 4.11. The number of nitrogens with zero attached hydrogens (tertiary/aromatic N) is 2. The third-order valence-electron chi connectivity index (χ3n) is 6.42. The van der Waals surface area contributed by atoms with Gasteiger partial charge in [-0.15, -0.1) is 0 Å². The first-order chi connectivity index (χ1) is 16.2. The molecule has 2 heterocycles. The smallest absolute Gasteiger partial charge is 0.251 e. The normalized spacial score (nSPS) is 17.6. The van der Waals surface area contributed by atoms with E-state index in [0.717, 1.165) is 11.1 Å². The lowest BCUT2D eigenvalue weighted by molar-refractivity contribution is -0.129. The zero-order chi connectivity index (χ0) is 24.8. The Morgan fingerprint density at radius 3 is 2.38 bits per heavy atom. The molecule has 0 aliphatic carbocycles. The predicted octanol–water partition coefficient (Wildman–Crippen LogP) is 2.01. The fourth-order valence-corrected chi connectivity index (χ4v) is 4.11. The third kappa shape index (κ3) is 5.62. The highest BCUT2D eigenvalue weighted by Gasteiger charge is 2.40. The van der Waals surface area contributed by atoms with Crippen LogP contribution >= 0.6 is 0 Å². The van der Waals surface area contributed by atoms with Gasteiger partial charge in [-0.3, -0.25) is 19.3 Å². The van der Waals surface area contributed by atoms with Crippen LogP contribution in [0.5, 0.6) is 0 Å². The van der Waals surface area contributed by atoms with Crippen LogP contribution in [0.25, 0.3) is 0 Å². The lowest BCUT2D eigenvalue weighted by Crippen LogP contribution is -2.57. The van der Waals surface area contributed by atoms with Crippen LogP contribution in [0.1, 0.15) is 44.7 Å². The molecule has 1 aliphatic rings. The molecule has 2 aromatic rings. The Morgan fingerprint density at radius 1 is 1.03 bits per heavy atom. The van der Waals surface area contributed by atoms with Gasteiger partial charge in [0.1, 0.15) is 11.9 Å². The van der Waals surface area contributed by atoms with Crippen LogP contribution in [0.4, 0.5) is 5.82 Å². The highest BCUT2D eigenvalue weighted by molar-refractivity contribution is 6.01. The Kier molecular flexibility index (Phi) is 8.39. The van der Waals surface area contributed by atoms with Gasteiger partial charge in [0.05, 0.1) is 18.0 Å². The zero-order valence-electron chi connectivity index (χ0n) is 20.5. The molecule has 0 saturated carbocycles. The lowest BCUT2D eigenvalue weighted by Gasteiger charge is -2.31. The Bertz CT molecular complexity index is 1010. The van der Waals surface area contributed by atoms with Crippen molar-refractivity contribution < 1.29 is 14.4 Å². The average Bonchev–Trinajstić information content (AvgIpc) is 3.22. The summed E-state index contributed by atoms with van der Waals surface area (Å²) in [4.78, 5) is 45.3. The van der Waals surface area contributed by atoms with E-state index >= 15 is 0 Å². The van der Waals surface area contributed by atoms with Crippen LogP contribution in [-0.4, -0.2) is 54.4 Å². The van der Waals surface area contributed by atoms with Crippen molar-refractivity contribution in [2.45, 2.75) is 58.2 Å². The molecule has 3 amide bonds. The van der Waals surface area contributed by atoms with Crippen LogP contribution in [0.3, 0.4) is 0 Å². The van der Waals surface area contributed by atoms with Gasteiger partial charge in [-0.25, -0.2) is 4.98 Å². The summed E-state index contributed by atoms with van der Waals surface area (Å²) in [6, 6.07) is 12.0. The van der Waals surface area contributed by atoms with E-state index in [2.05, 4.69) is 20.9 Å². The summed E-state index contributed by atoms with van der Waals surface area (Å²) >= 11 is 0. The first-order valence-electron chi connectivity index (χ1n) is 11.8. The molecule has 3 rings (SSSR count). The highest BCUT2D eigenvalue weighted by atomic mass is 16.2. The van der Waals surface area contributed by atoms with Crippen molar-refractivity contribution in [3.63, 3.8) is 0 Å². The molecule has 2 unspecified atom stereocenters. The number of nitrogens with one attached hydrogen (secondary N) is 3. The van der Waals surface area contributed by atoms with Gasteiger partial charge in [-0.2, -0.15) is 0 Å². The summed E-state index contributed by atoms with van der Waals surface area (Å²) in [5.41, 5.74) is 1.88. The van der Waals surface area contributed by atoms with Gasteiger partial charge in [0.25, 0.3) is 5.91 Å². The molecule has 0 spiro atoms. The predicted molar refractivity (Wildman–Crippen MR) is 132 cm³/mol. The van der Waals surface area contributed by atoms with Crippen molar-refractivity contribution in [2.24, 2.45) is 5.92 Å². The second-order valence-corrected chi connectivity index (χ2v) is 9.17. The maximum atomic E-state index is 13.7. The summed E-state index contributed by atoms with van der Waals surface area (Å²) in [5, 5.41) is 8.81. The van der Waals surface area contributed by atoms with E-state index < -0.39 is 12.1 Å². The van der Waals surface area contributed by atoms with Crippen molar-refractivity contribution in [1.29, 1.82) is 0 Å². The number of fused-ring (bicyclic) bond motifs is 1. The largest absolute Gasteiger partial charge is 0.353 e. The molecular weight excluding hydrogens is 430 g/mol. The van der Waals surface area contributed by atoms with E-state index in [-0.39, 0.29) is 35.6 Å². The molecule has 0 radical (unpaired) electrons. The Hall–Kier alpha value is -3.26. The van der Waals surface area contributed by atoms with Gasteiger partial charge < -0.3 is 16.0 Å². The van der Waals surface area contributed by atoms with E-state index in [9.17, 15) is 14.4 Å². The van der Waals surface area contributed by atoms with Crippen molar-refractivity contribution in [3.8, 4) is 0 Å². The van der Waals surface area contributed by atoms with Gasteiger partial charge in [0, 0.05) is 12.7 Å². The van der Waals surface area contributed by atoms with Crippen LogP contribution in [0.15, 0.2) is 48.7 Å². The number of rotatable bonds is 9. The van der Waals surface area contributed by atoms with Crippen molar-refractivity contribution in [1.82, 2.24) is 20.9 Å². The SMILES string of the molecule is CN[C@@H](C)C(=O)N[C@H](C(=O)N1c2ncccc2CC1CNC(=O)C(C)c1ccccc1)C(C)C. The molecule has 8 heteroatoms. The minimum atomic E-state index is -0.710. The van der Waals surface area contributed by atoms with Crippen molar-refractivity contribution in [3.05, 3.63) is 59.8 Å². The molecule has 0 fully saturated rings. The molecule has 1 aromatic carbocycles. The number of pyridine rings is 1. The number of likely N-dealkylation sites (N-methyl/N-ethyl adjacent to an activating group) is 1.